The summed E-state index contributed by atoms with van der Waals surface area (Å²) in [6.07, 6.45) is 1.72. The zero-order chi connectivity index (χ0) is 32.4. The van der Waals surface area contributed by atoms with Gasteiger partial charge in [-0.05, 0) is 53.9 Å². The van der Waals surface area contributed by atoms with Crippen LogP contribution in [0.5, 0.6) is 0 Å². The quantitative estimate of drug-likeness (QED) is 0.148. The van der Waals surface area contributed by atoms with Gasteiger partial charge in [-0.15, -0.1) is 0 Å². The molecule has 0 aliphatic heterocycles. The molecule has 1 atom stereocenters. The minimum absolute atomic E-state index is 0.119. The second-order valence-corrected chi connectivity index (χ2v) is 13.1. The Morgan fingerprint density at radius 3 is 2.18 bits per heavy atom. The Bertz CT molecular complexity index is 1710. The van der Waals surface area contributed by atoms with Gasteiger partial charge in [-0.2, -0.15) is 0 Å². The Morgan fingerprint density at radius 2 is 1.53 bits per heavy atom. The van der Waals surface area contributed by atoms with Crippen molar-refractivity contribution in [2.75, 3.05) is 17.4 Å². The lowest BCUT2D eigenvalue weighted by Gasteiger charge is -2.34. The maximum Gasteiger partial charge on any atom is 0.264 e. The van der Waals surface area contributed by atoms with Crippen molar-refractivity contribution in [1.82, 2.24) is 10.2 Å². The average molecular weight is 671 g/mol. The summed E-state index contributed by atoms with van der Waals surface area (Å²) in [5.74, 6) is -1.96. The van der Waals surface area contributed by atoms with Gasteiger partial charge in [0, 0.05) is 29.6 Å². The van der Waals surface area contributed by atoms with Gasteiger partial charge in [0.05, 0.1) is 10.6 Å². The highest BCUT2D eigenvalue weighted by Crippen LogP contribution is 2.28. The van der Waals surface area contributed by atoms with Crippen LogP contribution in [-0.2, 0) is 32.6 Å². The molecule has 0 radical (unpaired) electrons. The summed E-state index contributed by atoms with van der Waals surface area (Å²) < 4.78 is 43.8. The zero-order valence-corrected chi connectivity index (χ0v) is 27.0. The number of halogens is 3. The van der Waals surface area contributed by atoms with E-state index in [1.54, 1.807) is 30.3 Å². The molecule has 11 heteroatoms. The standard InChI is InChI=1S/C34H34Cl2FN3O4S/c1-2-3-20-38-34(42)32(21-25-12-6-4-7-13-25)39(23-26-18-19-27(35)22-29(26)36)33(41)24-40(31-17-11-10-16-30(31)37)45(43,44)28-14-8-5-9-15-28/h4-19,22,32H,2-3,20-21,23-24H2,1H3,(H,38,42). The van der Waals surface area contributed by atoms with Crippen LogP contribution >= 0.6 is 23.2 Å². The Kier molecular flexibility index (Phi) is 12.0. The lowest BCUT2D eigenvalue weighted by atomic mass is 10.0. The van der Waals surface area contributed by atoms with Gasteiger partial charge in [0.1, 0.15) is 18.4 Å². The molecule has 0 saturated heterocycles. The van der Waals surface area contributed by atoms with Crippen LogP contribution in [0.15, 0.2) is 108 Å². The van der Waals surface area contributed by atoms with Crippen molar-refractivity contribution in [3.8, 4) is 0 Å². The Hall–Kier alpha value is -3.92. The summed E-state index contributed by atoms with van der Waals surface area (Å²) in [5.41, 5.74) is 0.986. The summed E-state index contributed by atoms with van der Waals surface area (Å²) in [7, 11) is -4.41. The third-order valence-electron chi connectivity index (χ3n) is 7.19. The summed E-state index contributed by atoms with van der Waals surface area (Å²) in [6, 6.07) is 25.7. The highest BCUT2D eigenvalue weighted by atomic mass is 35.5. The Morgan fingerprint density at radius 1 is 0.889 bits per heavy atom. The van der Waals surface area contributed by atoms with Crippen LogP contribution in [0.2, 0.25) is 10.0 Å². The van der Waals surface area contributed by atoms with E-state index in [2.05, 4.69) is 5.32 Å². The minimum atomic E-state index is -4.41. The van der Waals surface area contributed by atoms with Gasteiger partial charge < -0.3 is 10.2 Å². The van der Waals surface area contributed by atoms with Gasteiger partial charge in [-0.25, -0.2) is 12.8 Å². The molecule has 4 aromatic rings. The lowest BCUT2D eigenvalue weighted by Crippen LogP contribution is -2.53. The second kappa shape index (κ2) is 15.9. The van der Waals surface area contributed by atoms with Crippen molar-refractivity contribution >= 4 is 50.7 Å². The van der Waals surface area contributed by atoms with Gasteiger partial charge in [-0.1, -0.05) is 103 Å². The van der Waals surface area contributed by atoms with E-state index in [0.717, 1.165) is 28.8 Å². The van der Waals surface area contributed by atoms with Crippen molar-refractivity contribution in [3.63, 3.8) is 0 Å². The molecule has 0 heterocycles. The van der Waals surface area contributed by atoms with Gasteiger partial charge >= 0.3 is 0 Å². The molecule has 0 aliphatic carbocycles. The summed E-state index contributed by atoms with van der Waals surface area (Å²) in [5, 5.41) is 3.58. The van der Waals surface area contributed by atoms with Gasteiger partial charge in [0.15, 0.2) is 0 Å². The van der Waals surface area contributed by atoms with Crippen molar-refractivity contribution < 1.29 is 22.4 Å². The topological polar surface area (TPSA) is 86.8 Å². The van der Waals surface area contributed by atoms with Gasteiger partial charge in [0.2, 0.25) is 11.8 Å². The molecule has 0 fully saturated rings. The number of nitrogens with one attached hydrogen (secondary N) is 1. The van der Waals surface area contributed by atoms with E-state index < -0.39 is 40.2 Å². The Labute approximate surface area is 273 Å². The number of hydrogen-bond acceptors (Lipinski definition) is 4. The minimum Gasteiger partial charge on any atom is -0.354 e. The van der Waals surface area contributed by atoms with E-state index in [9.17, 15) is 18.0 Å². The molecule has 0 aromatic heterocycles. The van der Waals surface area contributed by atoms with E-state index in [4.69, 9.17) is 23.2 Å². The van der Waals surface area contributed by atoms with Crippen LogP contribution in [0, 0.1) is 5.82 Å². The Balaban J connectivity index is 1.81. The largest absolute Gasteiger partial charge is 0.354 e. The van der Waals surface area contributed by atoms with Gasteiger partial charge in [-0.3, -0.25) is 13.9 Å². The van der Waals surface area contributed by atoms with Gasteiger partial charge in [0.25, 0.3) is 10.0 Å². The number of amides is 2. The fourth-order valence-electron chi connectivity index (χ4n) is 4.78. The molecular formula is C34H34Cl2FN3O4S. The van der Waals surface area contributed by atoms with E-state index >= 15 is 4.39 Å². The number of rotatable bonds is 14. The molecule has 0 bridgehead atoms. The number of unbranched alkanes of at least 4 members (excludes halogenated alkanes) is 1. The van der Waals surface area contributed by atoms with E-state index in [1.807, 2.05) is 37.3 Å². The summed E-state index contributed by atoms with van der Waals surface area (Å²) >= 11 is 12.7. The molecule has 236 valence electrons. The molecule has 4 aromatic carbocycles. The zero-order valence-electron chi connectivity index (χ0n) is 24.7. The molecule has 4 rings (SSSR count). The van der Waals surface area contributed by atoms with E-state index in [1.165, 1.54) is 41.3 Å². The van der Waals surface area contributed by atoms with E-state index in [-0.39, 0.29) is 28.6 Å². The van der Waals surface area contributed by atoms with Crippen LogP contribution in [0.1, 0.15) is 30.9 Å². The number of carbonyl (C=O) groups excluding carboxylic acids is 2. The molecule has 1 N–H and O–H groups in total. The third kappa shape index (κ3) is 8.84. The number of anilines is 1. The third-order valence-corrected chi connectivity index (χ3v) is 9.55. The fraction of sp³-hybridized carbons (Fsp3) is 0.235. The fourth-order valence-corrected chi connectivity index (χ4v) is 6.69. The maximum absolute atomic E-state index is 15.2. The molecule has 0 saturated carbocycles. The summed E-state index contributed by atoms with van der Waals surface area (Å²) in [4.78, 5) is 29.4. The number of nitrogens with zero attached hydrogens (tertiary/aromatic N) is 2. The second-order valence-electron chi connectivity index (χ2n) is 10.4. The first-order valence-corrected chi connectivity index (χ1v) is 16.7. The molecule has 2 amide bonds. The van der Waals surface area contributed by atoms with Crippen LogP contribution in [0.4, 0.5) is 10.1 Å². The lowest BCUT2D eigenvalue weighted by molar-refractivity contribution is -0.140. The number of para-hydroxylation sites is 1. The molecule has 0 aliphatic rings. The molecule has 7 nitrogen and oxygen atoms in total. The number of carbonyl (C=O) groups is 2. The van der Waals surface area contributed by atoms with Crippen molar-refractivity contribution in [3.05, 3.63) is 130 Å². The van der Waals surface area contributed by atoms with Crippen molar-refractivity contribution in [2.24, 2.45) is 0 Å². The first-order valence-electron chi connectivity index (χ1n) is 14.5. The van der Waals surface area contributed by atoms with E-state index in [0.29, 0.717) is 17.1 Å². The molecule has 1 unspecified atom stereocenters. The van der Waals surface area contributed by atoms with Crippen LogP contribution < -0.4 is 9.62 Å². The maximum atomic E-state index is 15.2. The average Bonchev–Trinajstić information content (AvgIpc) is 3.03. The van der Waals surface area contributed by atoms with Crippen LogP contribution in [0.25, 0.3) is 0 Å². The molecular weight excluding hydrogens is 636 g/mol. The van der Waals surface area contributed by atoms with Crippen LogP contribution in [0.3, 0.4) is 0 Å². The molecule has 45 heavy (non-hydrogen) atoms. The first kappa shape index (κ1) is 34.0. The first-order chi connectivity index (χ1) is 21.6. The number of hydrogen-bond donors (Lipinski definition) is 1. The number of sulfonamides is 1. The highest BCUT2D eigenvalue weighted by molar-refractivity contribution is 7.92. The van der Waals surface area contributed by atoms with Crippen LogP contribution in [-0.4, -0.2) is 44.3 Å². The van der Waals surface area contributed by atoms with Crippen molar-refractivity contribution in [2.45, 2.75) is 43.7 Å². The monoisotopic (exact) mass is 669 g/mol. The molecule has 0 spiro atoms. The number of benzene rings is 4. The van der Waals surface area contributed by atoms with Crippen molar-refractivity contribution in [1.29, 1.82) is 0 Å². The summed E-state index contributed by atoms with van der Waals surface area (Å²) in [6.45, 7) is 1.48. The predicted molar refractivity (Wildman–Crippen MR) is 176 cm³/mol. The predicted octanol–water partition coefficient (Wildman–Crippen LogP) is 6.88. The SMILES string of the molecule is CCCCNC(=O)C(Cc1ccccc1)N(Cc1ccc(Cl)cc1Cl)C(=O)CN(c1ccccc1F)S(=O)(=O)c1ccccc1. The smallest absolute Gasteiger partial charge is 0.264 e. The normalized spacial score (nSPS) is 11.9. The highest BCUT2D eigenvalue weighted by Gasteiger charge is 2.35.